The number of rotatable bonds is 4. The molecule has 3 rings (SSSR count). The van der Waals surface area contributed by atoms with E-state index < -0.39 is 0 Å². The van der Waals surface area contributed by atoms with E-state index in [0.717, 1.165) is 31.3 Å². The van der Waals surface area contributed by atoms with Gasteiger partial charge in [0.15, 0.2) is 0 Å². The van der Waals surface area contributed by atoms with E-state index >= 15 is 0 Å². The second kappa shape index (κ2) is 6.22. The van der Waals surface area contributed by atoms with Crippen LogP contribution in [0.3, 0.4) is 0 Å². The van der Waals surface area contributed by atoms with Gasteiger partial charge < -0.3 is 10.2 Å². The molecular weight excluding hydrogens is 262 g/mol. The highest BCUT2D eigenvalue weighted by molar-refractivity contribution is 5.85. The third-order valence-electron chi connectivity index (χ3n) is 4.16. The van der Waals surface area contributed by atoms with Gasteiger partial charge in [0.1, 0.15) is 0 Å². The Morgan fingerprint density at radius 3 is 2.95 bits per heavy atom. The third-order valence-corrected chi connectivity index (χ3v) is 4.16. The third kappa shape index (κ3) is 3.05. The number of carbonyl (C=O) groups excluding carboxylic acids is 1. The van der Waals surface area contributed by atoms with Crippen LogP contribution < -0.4 is 5.32 Å². The molecule has 4 nitrogen and oxygen atoms in total. The molecule has 1 aromatic carbocycles. The fourth-order valence-corrected chi connectivity index (χ4v) is 2.91. The quantitative estimate of drug-likeness (QED) is 0.936. The highest BCUT2D eigenvalue weighted by Gasteiger charge is 2.22. The maximum absolute atomic E-state index is 12.3. The molecule has 1 aromatic heterocycles. The molecular formula is C17H21N3O. The van der Waals surface area contributed by atoms with Crippen molar-refractivity contribution in [2.75, 3.05) is 13.1 Å². The van der Waals surface area contributed by atoms with Gasteiger partial charge in [-0.1, -0.05) is 18.2 Å². The van der Waals surface area contributed by atoms with Crippen LogP contribution in [0.25, 0.3) is 10.8 Å². The Balaban J connectivity index is 1.67. The van der Waals surface area contributed by atoms with E-state index in [1.807, 2.05) is 36.4 Å². The molecule has 0 bridgehead atoms. The van der Waals surface area contributed by atoms with Crippen molar-refractivity contribution in [3.63, 3.8) is 0 Å². The number of benzene rings is 1. The largest absolute Gasteiger partial charge is 0.341 e. The normalized spacial score (nSPS) is 16.3. The topological polar surface area (TPSA) is 45.2 Å². The lowest BCUT2D eigenvalue weighted by Gasteiger charge is -2.21. The van der Waals surface area contributed by atoms with E-state index in [2.05, 4.69) is 22.4 Å². The molecule has 1 atom stereocenters. The second-order valence-electron chi connectivity index (χ2n) is 5.65. The first-order valence-corrected chi connectivity index (χ1v) is 7.59. The van der Waals surface area contributed by atoms with E-state index in [1.54, 1.807) is 0 Å². The summed E-state index contributed by atoms with van der Waals surface area (Å²) < 4.78 is 0. The lowest BCUT2D eigenvalue weighted by molar-refractivity contribution is -0.131. The van der Waals surface area contributed by atoms with Crippen molar-refractivity contribution in [3.8, 4) is 0 Å². The fourth-order valence-electron chi connectivity index (χ4n) is 2.91. The van der Waals surface area contributed by atoms with Crippen molar-refractivity contribution in [2.45, 2.75) is 32.4 Å². The van der Waals surface area contributed by atoms with E-state index in [4.69, 9.17) is 0 Å². The number of carbonyl (C=O) groups is 1. The molecule has 2 aromatic rings. The second-order valence-corrected chi connectivity index (χ2v) is 5.65. The van der Waals surface area contributed by atoms with Crippen LogP contribution in [-0.4, -0.2) is 34.9 Å². The summed E-state index contributed by atoms with van der Waals surface area (Å²) in [7, 11) is 0. The van der Waals surface area contributed by atoms with Gasteiger partial charge in [0.2, 0.25) is 5.91 Å². The van der Waals surface area contributed by atoms with E-state index in [1.165, 1.54) is 10.9 Å². The van der Waals surface area contributed by atoms with Crippen molar-refractivity contribution < 1.29 is 4.79 Å². The van der Waals surface area contributed by atoms with Crippen molar-refractivity contribution in [1.29, 1.82) is 0 Å². The molecule has 1 aliphatic rings. The summed E-state index contributed by atoms with van der Waals surface area (Å²) >= 11 is 0. The van der Waals surface area contributed by atoms with Gasteiger partial charge in [-0.2, -0.15) is 0 Å². The zero-order valence-electron chi connectivity index (χ0n) is 12.4. The number of nitrogens with one attached hydrogen (secondary N) is 1. The van der Waals surface area contributed by atoms with Crippen LogP contribution >= 0.6 is 0 Å². The Bertz CT molecular complexity index is 629. The summed E-state index contributed by atoms with van der Waals surface area (Å²) in [6.07, 6.45) is 5.95. The molecule has 0 aliphatic carbocycles. The van der Waals surface area contributed by atoms with Gasteiger partial charge in [-0.15, -0.1) is 0 Å². The predicted molar refractivity (Wildman–Crippen MR) is 83.9 cm³/mol. The summed E-state index contributed by atoms with van der Waals surface area (Å²) in [6.45, 7) is 4.46. The average Bonchev–Trinajstić information content (AvgIpc) is 3.06. The maximum atomic E-state index is 12.3. The standard InChI is InChI=1S/C17H21N3O/c1-13(17(21)20-9-2-3-10-20)19-12-15-6-4-5-14-11-18-8-7-16(14)15/h4-8,11,13,19H,2-3,9-10,12H2,1H3. The van der Waals surface area contributed by atoms with Crippen molar-refractivity contribution in [2.24, 2.45) is 0 Å². The monoisotopic (exact) mass is 283 g/mol. The molecule has 1 fully saturated rings. The van der Waals surface area contributed by atoms with Crippen LogP contribution in [0.15, 0.2) is 36.7 Å². The van der Waals surface area contributed by atoms with Crippen molar-refractivity contribution >= 4 is 16.7 Å². The summed E-state index contributed by atoms with van der Waals surface area (Å²) in [5, 5.41) is 5.69. The lowest BCUT2D eigenvalue weighted by atomic mass is 10.1. The van der Waals surface area contributed by atoms with Gasteiger partial charge in [0.05, 0.1) is 6.04 Å². The van der Waals surface area contributed by atoms with E-state index in [-0.39, 0.29) is 11.9 Å². The Morgan fingerprint density at radius 2 is 2.14 bits per heavy atom. The van der Waals surface area contributed by atoms with E-state index in [0.29, 0.717) is 6.54 Å². The zero-order valence-corrected chi connectivity index (χ0v) is 12.4. The number of hydrogen-bond donors (Lipinski definition) is 1. The number of likely N-dealkylation sites (tertiary alicyclic amines) is 1. The Kier molecular flexibility index (Phi) is 4.15. The number of nitrogens with zero attached hydrogens (tertiary/aromatic N) is 2. The predicted octanol–water partition coefficient (Wildman–Crippen LogP) is 2.34. The molecule has 1 amide bonds. The van der Waals surface area contributed by atoms with Gasteiger partial charge in [-0.25, -0.2) is 0 Å². The molecule has 110 valence electrons. The van der Waals surface area contributed by atoms with Gasteiger partial charge in [-0.3, -0.25) is 9.78 Å². The summed E-state index contributed by atoms with van der Waals surface area (Å²) in [6, 6.07) is 8.08. The number of amides is 1. The minimum atomic E-state index is -0.139. The molecule has 0 radical (unpaired) electrons. The van der Waals surface area contributed by atoms with Crippen molar-refractivity contribution in [1.82, 2.24) is 15.2 Å². The molecule has 1 unspecified atom stereocenters. The Morgan fingerprint density at radius 1 is 1.33 bits per heavy atom. The van der Waals surface area contributed by atoms with Gasteiger partial charge in [0, 0.05) is 37.4 Å². The van der Waals surface area contributed by atoms with Gasteiger partial charge in [-0.05, 0) is 36.8 Å². The van der Waals surface area contributed by atoms with Gasteiger partial charge in [0.25, 0.3) is 0 Å². The minimum Gasteiger partial charge on any atom is -0.341 e. The van der Waals surface area contributed by atoms with Gasteiger partial charge >= 0.3 is 0 Å². The average molecular weight is 283 g/mol. The summed E-state index contributed by atoms with van der Waals surface area (Å²) in [5.74, 6) is 0.217. The summed E-state index contributed by atoms with van der Waals surface area (Å²) in [5.41, 5.74) is 1.20. The molecule has 21 heavy (non-hydrogen) atoms. The molecule has 2 heterocycles. The smallest absolute Gasteiger partial charge is 0.239 e. The molecule has 0 spiro atoms. The van der Waals surface area contributed by atoms with Crippen LogP contribution in [0.5, 0.6) is 0 Å². The number of pyridine rings is 1. The van der Waals surface area contributed by atoms with Crippen LogP contribution in [0, 0.1) is 0 Å². The molecule has 1 saturated heterocycles. The molecule has 4 heteroatoms. The highest BCUT2D eigenvalue weighted by atomic mass is 16.2. The highest BCUT2D eigenvalue weighted by Crippen LogP contribution is 2.17. The number of hydrogen-bond acceptors (Lipinski definition) is 3. The van der Waals surface area contributed by atoms with E-state index in [9.17, 15) is 4.79 Å². The first kappa shape index (κ1) is 14.0. The van der Waals surface area contributed by atoms with Crippen molar-refractivity contribution in [3.05, 3.63) is 42.2 Å². The Labute approximate surface area is 125 Å². The summed E-state index contributed by atoms with van der Waals surface area (Å²) in [4.78, 5) is 18.4. The van der Waals surface area contributed by atoms with Crippen LogP contribution in [0.4, 0.5) is 0 Å². The minimum absolute atomic E-state index is 0.139. The first-order chi connectivity index (χ1) is 10.3. The van der Waals surface area contributed by atoms with Crippen LogP contribution in [0.2, 0.25) is 0 Å². The zero-order chi connectivity index (χ0) is 14.7. The number of aromatic nitrogens is 1. The lowest BCUT2D eigenvalue weighted by Crippen LogP contribution is -2.43. The van der Waals surface area contributed by atoms with Crippen LogP contribution in [0.1, 0.15) is 25.3 Å². The first-order valence-electron chi connectivity index (χ1n) is 7.59. The Hall–Kier alpha value is -1.94. The fraction of sp³-hybridized carbons (Fsp3) is 0.412. The number of fused-ring (bicyclic) bond motifs is 1. The molecule has 1 aliphatic heterocycles. The maximum Gasteiger partial charge on any atom is 0.239 e. The van der Waals surface area contributed by atoms with Crippen LogP contribution in [-0.2, 0) is 11.3 Å². The molecule has 1 N–H and O–H groups in total. The SMILES string of the molecule is CC(NCc1cccc2cnccc12)C(=O)N1CCCC1. The molecule has 0 saturated carbocycles.